The van der Waals surface area contributed by atoms with Crippen LogP contribution in [0.2, 0.25) is 0 Å². The van der Waals surface area contributed by atoms with E-state index in [0.29, 0.717) is 11.3 Å². The molecular weight excluding hydrogens is 188 g/mol. The lowest BCUT2D eigenvalue weighted by Gasteiger charge is -2.21. The fourth-order valence-electron chi connectivity index (χ4n) is 1.29. The maximum atomic E-state index is 11.9. The van der Waals surface area contributed by atoms with Crippen LogP contribution in [0.15, 0.2) is 18.2 Å². The molecular formula is C12H18N2O. The Kier molecular flexibility index (Phi) is 3.03. The first kappa shape index (κ1) is 11.6. The van der Waals surface area contributed by atoms with Gasteiger partial charge in [0.05, 0.1) is 0 Å². The summed E-state index contributed by atoms with van der Waals surface area (Å²) in [6.45, 7) is 7.75. The minimum atomic E-state index is -0.228. The number of carbonyl (C=O) groups is 1. The predicted molar refractivity (Wildman–Crippen MR) is 62.8 cm³/mol. The minimum absolute atomic E-state index is 0.0766. The third kappa shape index (κ3) is 3.27. The molecule has 82 valence electrons. The first-order chi connectivity index (χ1) is 6.79. The van der Waals surface area contributed by atoms with E-state index in [2.05, 4.69) is 5.32 Å². The molecule has 0 bridgehead atoms. The Labute approximate surface area is 90.7 Å². The predicted octanol–water partition coefficient (Wildman–Crippen LogP) is 2.11. The van der Waals surface area contributed by atoms with Gasteiger partial charge in [-0.2, -0.15) is 0 Å². The van der Waals surface area contributed by atoms with E-state index in [1.165, 1.54) is 0 Å². The Morgan fingerprint density at radius 1 is 1.33 bits per heavy atom. The molecule has 0 aliphatic heterocycles. The van der Waals surface area contributed by atoms with Gasteiger partial charge < -0.3 is 11.1 Å². The van der Waals surface area contributed by atoms with E-state index in [4.69, 9.17) is 5.73 Å². The molecule has 3 heteroatoms. The lowest BCUT2D eigenvalue weighted by molar-refractivity contribution is 0.0919. The van der Waals surface area contributed by atoms with Gasteiger partial charge in [0.2, 0.25) is 0 Å². The van der Waals surface area contributed by atoms with Gasteiger partial charge in [-0.05, 0) is 45.4 Å². The van der Waals surface area contributed by atoms with Gasteiger partial charge >= 0.3 is 0 Å². The van der Waals surface area contributed by atoms with Gasteiger partial charge in [-0.15, -0.1) is 0 Å². The van der Waals surface area contributed by atoms with Crippen LogP contribution in [0.3, 0.4) is 0 Å². The molecule has 3 nitrogen and oxygen atoms in total. The number of aryl methyl sites for hydroxylation is 1. The van der Waals surface area contributed by atoms with Crippen molar-refractivity contribution in [1.82, 2.24) is 5.32 Å². The molecule has 1 amide bonds. The molecule has 15 heavy (non-hydrogen) atoms. The van der Waals surface area contributed by atoms with Crippen molar-refractivity contribution in [3.05, 3.63) is 29.3 Å². The van der Waals surface area contributed by atoms with Crippen LogP contribution < -0.4 is 11.1 Å². The van der Waals surface area contributed by atoms with Gasteiger partial charge in [0.15, 0.2) is 0 Å². The SMILES string of the molecule is Cc1ccc(N)cc1C(=O)NC(C)(C)C. The summed E-state index contributed by atoms with van der Waals surface area (Å²) >= 11 is 0. The molecule has 0 spiro atoms. The molecule has 0 radical (unpaired) electrons. The molecule has 0 unspecified atom stereocenters. The Balaban J connectivity index is 2.96. The van der Waals surface area contributed by atoms with E-state index in [-0.39, 0.29) is 11.4 Å². The standard InChI is InChI=1S/C12H18N2O/c1-8-5-6-9(13)7-10(8)11(15)14-12(2,3)4/h5-7H,13H2,1-4H3,(H,14,15). The zero-order chi connectivity index (χ0) is 11.6. The second-order valence-electron chi connectivity index (χ2n) is 4.78. The highest BCUT2D eigenvalue weighted by Crippen LogP contribution is 2.13. The molecule has 1 aromatic rings. The molecule has 1 aromatic carbocycles. The second-order valence-corrected chi connectivity index (χ2v) is 4.78. The summed E-state index contributed by atoms with van der Waals surface area (Å²) in [7, 11) is 0. The molecule has 3 N–H and O–H groups in total. The van der Waals surface area contributed by atoms with E-state index in [1.807, 2.05) is 33.8 Å². The monoisotopic (exact) mass is 206 g/mol. The van der Waals surface area contributed by atoms with E-state index in [9.17, 15) is 4.79 Å². The number of nitrogens with one attached hydrogen (secondary N) is 1. The second kappa shape index (κ2) is 3.93. The number of rotatable bonds is 1. The fraction of sp³-hybridized carbons (Fsp3) is 0.417. The number of hydrogen-bond donors (Lipinski definition) is 2. The van der Waals surface area contributed by atoms with Gasteiger partial charge in [-0.1, -0.05) is 6.07 Å². The smallest absolute Gasteiger partial charge is 0.252 e. The van der Waals surface area contributed by atoms with Crippen LogP contribution in [0.5, 0.6) is 0 Å². The van der Waals surface area contributed by atoms with Crippen molar-refractivity contribution < 1.29 is 4.79 Å². The van der Waals surface area contributed by atoms with Crippen LogP contribution >= 0.6 is 0 Å². The molecule has 0 saturated heterocycles. The van der Waals surface area contributed by atoms with Crippen molar-refractivity contribution in [1.29, 1.82) is 0 Å². The van der Waals surface area contributed by atoms with Crippen LogP contribution in [0.1, 0.15) is 36.7 Å². The molecule has 0 aliphatic carbocycles. The third-order valence-electron chi connectivity index (χ3n) is 1.99. The van der Waals surface area contributed by atoms with Crippen LogP contribution in [-0.2, 0) is 0 Å². The van der Waals surface area contributed by atoms with E-state index < -0.39 is 0 Å². The van der Waals surface area contributed by atoms with Crippen LogP contribution in [0, 0.1) is 6.92 Å². The largest absolute Gasteiger partial charge is 0.399 e. The van der Waals surface area contributed by atoms with Gasteiger partial charge in [0, 0.05) is 16.8 Å². The lowest BCUT2D eigenvalue weighted by Crippen LogP contribution is -2.40. The average Bonchev–Trinajstić information content (AvgIpc) is 2.06. The Morgan fingerprint density at radius 3 is 2.47 bits per heavy atom. The fourth-order valence-corrected chi connectivity index (χ4v) is 1.29. The molecule has 0 saturated carbocycles. The topological polar surface area (TPSA) is 55.1 Å². The summed E-state index contributed by atoms with van der Waals surface area (Å²) < 4.78 is 0. The molecule has 1 rings (SSSR count). The third-order valence-corrected chi connectivity index (χ3v) is 1.99. The minimum Gasteiger partial charge on any atom is -0.399 e. The molecule has 0 aromatic heterocycles. The highest BCUT2D eigenvalue weighted by molar-refractivity contribution is 5.96. The number of anilines is 1. The number of nitrogens with two attached hydrogens (primary N) is 1. The van der Waals surface area contributed by atoms with E-state index >= 15 is 0 Å². The maximum absolute atomic E-state index is 11.9. The molecule has 0 aliphatic rings. The van der Waals surface area contributed by atoms with Crippen molar-refractivity contribution in [3.63, 3.8) is 0 Å². The van der Waals surface area contributed by atoms with Gasteiger partial charge in [-0.3, -0.25) is 4.79 Å². The quantitative estimate of drug-likeness (QED) is 0.691. The van der Waals surface area contributed by atoms with Crippen LogP contribution in [0.25, 0.3) is 0 Å². The van der Waals surface area contributed by atoms with E-state index in [0.717, 1.165) is 5.56 Å². The molecule has 0 heterocycles. The number of benzene rings is 1. The number of carbonyl (C=O) groups excluding carboxylic acids is 1. The van der Waals surface area contributed by atoms with Crippen LogP contribution in [-0.4, -0.2) is 11.4 Å². The molecule has 0 atom stereocenters. The zero-order valence-corrected chi connectivity index (χ0v) is 9.72. The Hall–Kier alpha value is -1.51. The highest BCUT2D eigenvalue weighted by Gasteiger charge is 2.16. The summed E-state index contributed by atoms with van der Waals surface area (Å²) in [5.41, 5.74) is 7.61. The summed E-state index contributed by atoms with van der Waals surface area (Å²) in [6.07, 6.45) is 0. The van der Waals surface area contributed by atoms with Crippen molar-refractivity contribution in [2.24, 2.45) is 0 Å². The first-order valence-electron chi connectivity index (χ1n) is 4.98. The Morgan fingerprint density at radius 2 is 1.93 bits per heavy atom. The lowest BCUT2D eigenvalue weighted by atomic mass is 10.0. The van der Waals surface area contributed by atoms with Crippen LogP contribution in [0.4, 0.5) is 5.69 Å². The number of nitrogen functional groups attached to an aromatic ring is 1. The van der Waals surface area contributed by atoms with Gasteiger partial charge in [0.25, 0.3) is 5.91 Å². The molecule has 0 fully saturated rings. The number of amides is 1. The van der Waals surface area contributed by atoms with Gasteiger partial charge in [-0.25, -0.2) is 0 Å². The van der Waals surface area contributed by atoms with Gasteiger partial charge in [0.1, 0.15) is 0 Å². The maximum Gasteiger partial charge on any atom is 0.252 e. The van der Waals surface area contributed by atoms with E-state index in [1.54, 1.807) is 12.1 Å². The van der Waals surface area contributed by atoms with Crippen molar-refractivity contribution in [2.75, 3.05) is 5.73 Å². The normalized spacial score (nSPS) is 11.2. The average molecular weight is 206 g/mol. The highest BCUT2D eigenvalue weighted by atomic mass is 16.1. The zero-order valence-electron chi connectivity index (χ0n) is 9.72. The van der Waals surface area contributed by atoms with Crippen molar-refractivity contribution >= 4 is 11.6 Å². The summed E-state index contributed by atoms with van der Waals surface area (Å²) in [6, 6.07) is 5.35. The summed E-state index contributed by atoms with van der Waals surface area (Å²) in [5.74, 6) is -0.0766. The van der Waals surface area contributed by atoms with Crippen molar-refractivity contribution in [2.45, 2.75) is 33.2 Å². The first-order valence-corrected chi connectivity index (χ1v) is 4.98. The Bertz CT molecular complexity index is 378. The summed E-state index contributed by atoms with van der Waals surface area (Å²) in [5, 5.41) is 2.91. The number of hydrogen-bond acceptors (Lipinski definition) is 2. The van der Waals surface area contributed by atoms with Crippen molar-refractivity contribution in [3.8, 4) is 0 Å². The summed E-state index contributed by atoms with van der Waals surface area (Å²) in [4.78, 5) is 11.9.